The Morgan fingerprint density at radius 3 is 2.41 bits per heavy atom. The lowest BCUT2D eigenvalue weighted by Crippen LogP contribution is -2.12. The van der Waals surface area contributed by atoms with Gasteiger partial charge in [-0.25, -0.2) is 4.79 Å². The summed E-state index contributed by atoms with van der Waals surface area (Å²) in [6, 6.07) is 8.72. The molecule has 0 fully saturated rings. The van der Waals surface area contributed by atoms with Crippen LogP contribution in [-0.4, -0.2) is 12.1 Å². The zero-order chi connectivity index (χ0) is 12.9. The fourth-order valence-electron chi connectivity index (χ4n) is 1.03. The second-order valence-electron chi connectivity index (χ2n) is 3.42. The van der Waals surface area contributed by atoms with E-state index < -0.39 is 17.7 Å². The van der Waals surface area contributed by atoms with E-state index in [1.165, 1.54) is 0 Å². The second-order valence-corrected chi connectivity index (χ2v) is 3.42. The van der Waals surface area contributed by atoms with Gasteiger partial charge in [0.2, 0.25) is 0 Å². The molecule has 0 spiro atoms. The lowest BCUT2D eigenvalue weighted by Gasteiger charge is -2.06. The van der Waals surface area contributed by atoms with Crippen LogP contribution < -0.4 is 0 Å². The number of halogens is 3. The van der Waals surface area contributed by atoms with Gasteiger partial charge in [-0.1, -0.05) is 30.3 Å². The lowest BCUT2D eigenvalue weighted by atomic mass is 10.2. The van der Waals surface area contributed by atoms with Gasteiger partial charge in [-0.3, -0.25) is 0 Å². The van der Waals surface area contributed by atoms with Crippen molar-refractivity contribution < 1.29 is 22.7 Å². The molecule has 0 saturated heterocycles. The first-order chi connectivity index (χ1) is 7.89. The number of benzene rings is 1. The maximum absolute atomic E-state index is 12.1. The zero-order valence-electron chi connectivity index (χ0n) is 9.12. The summed E-state index contributed by atoms with van der Waals surface area (Å²) in [4.78, 5) is 11.1. The van der Waals surface area contributed by atoms with Crippen LogP contribution in [0.3, 0.4) is 0 Å². The van der Waals surface area contributed by atoms with Gasteiger partial charge in [0.05, 0.1) is 0 Å². The third-order valence-corrected chi connectivity index (χ3v) is 2.01. The van der Waals surface area contributed by atoms with Gasteiger partial charge in [0.1, 0.15) is 6.61 Å². The van der Waals surface area contributed by atoms with Crippen molar-refractivity contribution in [1.82, 2.24) is 0 Å². The number of hydrogen-bond donors (Lipinski definition) is 0. The summed E-state index contributed by atoms with van der Waals surface area (Å²) in [5.74, 6) is -0.997. The molecule has 1 rings (SSSR count). The van der Waals surface area contributed by atoms with Crippen molar-refractivity contribution in [3.8, 4) is 0 Å². The predicted molar refractivity (Wildman–Crippen MR) is 56.1 cm³/mol. The Kier molecular flexibility index (Phi) is 4.31. The summed E-state index contributed by atoms with van der Waals surface area (Å²) in [6.45, 7) is 0.783. The monoisotopic (exact) mass is 244 g/mol. The molecule has 0 aliphatic carbocycles. The molecule has 0 bridgehead atoms. The molecule has 0 N–H and O–H groups in total. The fourth-order valence-corrected chi connectivity index (χ4v) is 1.03. The summed E-state index contributed by atoms with van der Waals surface area (Å²) in [5.41, 5.74) is -0.255. The highest BCUT2D eigenvalue weighted by Gasteiger charge is 2.30. The van der Waals surface area contributed by atoms with E-state index >= 15 is 0 Å². The number of alkyl halides is 3. The Morgan fingerprint density at radius 2 is 1.88 bits per heavy atom. The number of carbonyl (C=O) groups excluding carboxylic acids is 1. The third-order valence-electron chi connectivity index (χ3n) is 2.01. The number of carbonyl (C=O) groups is 1. The largest absolute Gasteiger partial charge is 0.458 e. The number of hydrogen-bond acceptors (Lipinski definition) is 2. The number of ether oxygens (including phenoxy) is 1. The first-order valence-electron chi connectivity index (χ1n) is 4.86. The van der Waals surface area contributed by atoms with Gasteiger partial charge in [-0.05, 0) is 12.5 Å². The van der Waals surface area contributed by atoms with Gasteiger partial charge in [0.15, 0.2) is 0 Å². The van der Waals surface area contributed by atoms with Crippen LogP contribution in [0, 0.1) is 0 Å². The van der Waals surface area contributed by atoms with Crippen LogP contribution in [0.15, 0.2) is 42.0 Å². The smallest absolute Gasteiger partial charge is 0.412 e. The number of esters is 1. The average Bonchev–Trinajstić information content (AvgIpc) is 2.26. The van der Waals surface area contributed by atoms with Crippen LogP contribution in [0.2, 0.25) is 0 Å². The molecule has 0 saturated carbocycles. The highest BCUT2D eigenvalue weighted by Crippen LogP contribution is 2.24. The van der Waals surface area contributed by atoms with Crippen molar-refractivity contribution in [2.75, 3.05) is 0 Å². The molecular weight excluding hydrogens is 233 g/mol. The highest BCUT2D eigenvalue weighted by molar-refractivity contribution is 5.82. The Hall–Kier alpha value is -1.78. The number of rotatable bonds is 3. The molecule has 0 aliphatic heterocycles. The molecule has 5 heteroatoms. The first kappa shape index (κ1) is 13.3. The van der Waals surface area contributed by atoms with Crippen LogP contribution in [0.5, 0.6) is 0 Å². The molecule has 0 radical (unpaired) electrons. The predicted octanol–water partition coefficient (Wildman–Crippen LogP) is 3.24. The molecule has 0 amide bonds. The Morgan fingerprint density at radius 1 is 1.29 bits per heavy atom. The van der Waals surface area contributed by atoms with Gasteiger partial charge in [0.25, 0.3) is 0 Å². The SMILES string of the molecule is C/C(=C\C(=O)OCc1ccccc1)C(F)(F)F. The summed E-state index contributed by atoms with van der Waals surface area (Å²) in [5, 5.41) is 0. The topological polar surface area (TPSA) is 26.3 Å². The maximum atomic E-state index is 12.1. The Labute approximate surface area is 96.7 Å². The minimum absolute atomic E-state index is 0.0404. The van der Waals surface area contributed by atoms with Crippen LogP contribution >= 0.6 is 0 Å². The summed E-state index contributed by atoms with van der Waals surface area (Å²) < 4.78 is 41.0. The van der Waals surface area contributed by atoms with E-state index in [9.17, 15) is 18.0 Å². The standard InChI is InChI=1S/C12H11F3O2/c1-9(12(13,14)15)7-11(16)17-8-10-5-3-2-4-6-10/h2-7H,8H2,1H3/b9-7+. The molecule has 0 atom stereocenters. The normalized spacial score (nSPS) is 12.4. The average molecular weight is 244 g/mol. The van der Waals surface area contributed by atoms with Crippen molar-refractivity contribution in [3.05, 3.63) is 47.5 Å². The van der Waals surface area contributed by atoms with Gasteiger partial charge in [-0.2, -0.15) is 13.2 Å². The minimum atomic E-state index is -4.49. The van der Waals surface area contributed by atoms with E-state index in [0.717, 1.165) is 12.5 Å². The quantitative estimate of drug-likeness (QED) is 0.602. The van der Waals surface area contributed by atoms with Crippen LogP contribution in [0.25, 0.3) is 0 Å². The fraction of sp³-hybridized carbons (Fsp3) is 0.250. The molecule has 0 aromatic heterocycles. The Bertz CT molecular complexity index is 408. The van der Waals surface area contributed by atoms with E-state index in [4.69, 9.17) is 0 Å². The van der Waals surface area contributed by atoms with Crippen LogP contribution in [0.4, 0.5) is 13.2 Å². The maximum Gasteiger partial charge on any atom is 0.412 e. The van der Waals surface area contributed by atoms with E-state index in [1.54, 1.807) is 30.3 Å². The van der Waals surface area contributed by atoms with Gasteiger partial charge in [0, 0.05) is 11.6 Å². The zero-order valence-corrected chi connectivity index (χ0v) is 9.12. The first-order valence-corrected chi connectivity index (χ1v) is 4.86. The molecule has 17 heavy (non-hydrogen) atoms. The second kappa shape index (κ2) is 5.52. The minimum Gasteiger partial charge on any atom is -0.458 e. The van der Waals surface area contributed by atoms with Gasteiger partial charge >= 0.3 is 12.1 Å². The van der Waals surface area contributed by atoms with E-state index in [-0.39, 0.29) is 6.61 Å². The van der Waals surface area contributed by atoms with Crippen LogP contribution in [0.1, 0.15) is 12.5 Å². The molecule has 92 valence electrons. The van der Waals surface area contributed by atoms with Crippen molar-refractivity contribution in [3.63, 3.8) is 0 Å². The summed E-state index contributed by atoms with van der Waals surface area (Å²) in [7, 11) is 0. The molecule has 1 aromatic carbocycles. The summed E-state index contributed by atoms with van der Waals surface area (Å²) >= 11 is 0. The van der Waals surface area contributed by atoms with Gasteiger partial charge < -0.3 is 4.74 Å². The Balaban J connectivity index is 2.52. The molecule has 0 heterocycles. The van der Waals surface area contributed by atoms with Crippen molar-refractivity contribution in [2.45, 2.75) is 19.7 Å². The molecule has 1 aromatic rings. The lowest BCUT2D eigenvalue weighted by molar-refractivity contribution is -0.140. The van der Waals surface area contributed by atoms with E-state index in [1.807, 2.05) is 0 Å². The van der Waals surface area contributed by atoms with Crippen molar-refractivity contribution in [1.29, 1.82) is 0 Å². The molecule has 2 nitrogen and oxygen atoms in total. The van der Waals surface area contributed by atoms with E-state index in [2.05, 4.69) is 4.74 Å². The molecule has 0 unspecified atom stereocenters. The van der Waals surface area contributed by atoms with Crippen molar-refractivity contribution >= 4 is 5.97 Å². The van der Waals surface area contributed by atoms with Crippen LogP contribution in [-0.2, 0) is 16.1 Å². The van der Waals surface area contributed by atoms with E-state index in [0.29, 0.717) is 6.08 Å². The van der Waals surface area contributed by atoms with Gasteiger partial charge in [-0.15, -0.1) is 0 Å². The number of allylic oxidation sites excluding steroid dienone is 1. The molecule has 0 aliphatic rings. The van der Waals surface area contributed by atoms with Crippen molar-refractivity contribution in [2.24, 2.45) is 0 Å². The highest BCUT2D eigenvalue weighted by atomic mass is 19.4. The summed E-state index contributed by atoms with van der Waals surface area (Å²) in [6.07, 6.45) is -4.05. The molecular formula is C12H11F3O2. The third kappa shape index (κ3) is 4.72.